The first-order valence-electron chi connectivity index (χ1n) is 8.57. The second-order valence-corrected chi connectivity index (χ2v) is 6.57. The molecule has 136 valence electrons. The second kappa shape index (κ2) is 8.83. The molecule has 0 radical (unpaired) electrons. The van der Waals surface area contributed by atoms with Crippen molar-refractivity contribution in [1.82, 2.24) is 9.80 Å². The minimum absolute atomic E-state index is 0.00202. The highest BCUT2D eigenvalue weighted by molar-refractivity contribution is 6.31. The van der Waals surface area contributed by atoms with E-state index in [-0.39, 0.29) is 11.1 Å². The van der Waals surface area contributed by atoms with Gasteiger partial charge < -0.3 is 10.2 Å². The largest absolute Gasteiger partial charge is 0.322 e. The number of carbonyl (C=O) groups is 1. The first-order valence-corrected chi connectivity index (χ1v) is 8.94. The Kier molecular flexibility index (Phi) is 6.26. The smallest absolute Gasteiger partial charge is 0.321 e. The Morgan fingerprint density at radius 2 is 1.85 bits per heavy atom. The van der Waals surface area contributed by atoms with Crippen LogP contribution in [0.15, 0.2) is 54.6 Å². The van der Waals surface area contributed by atoms with Gasteiger partial charge in [0.15, 0.2) is 0 Å². The molecule has 1 aliphatic heterocycles. The molecule has 0 saturated carbocycles. The molecule has 0 unspecified atom stereocenters. The Bertz CT molecular complexity index is 774. The van der Waals surface area contributed by atoms with Crippen LogP contribution in [0.1, 0.15) is 5.56 Å². The van der Waals surface area contributed by atoms with Gasteiger partial charge in [-0.05, 0) is 23.8 Å². The summed E-state index contributed by atoms with van der Waals surface area (Å²) in [7, 11) is 0. The van der Waals surface area contributed by atoms with E-state index in [0.29, 0.717) is 18.8 Å². The van der Waals surface area contributed by atoms with Gasteiger partial charge in [-0.2, -0.15) is 0 Å². The van der Waals surface area contributed by atoms with E-state index in [4.69, 9.17) is 11.6 Å². The van der Waals surface area contributed by atoms with Crippen molar-refractivity contribution in [2.24, 2.45) is 0 Å². The highest BCUT2D eigenvalue weighted by Crippen LogP contribution is 2.19. The third-order valence-corrected chi connectivity index (χ3v) is 4.59. The molecule has 0 spiro atoms. The van der Waals surface area contributed by atoms with Gasteiger partial charge in [-0.15, -0.1) is 0 Å². The molecule has 2 amide bonds. The number of rotatable bonds is 4. The van der Waals surface area contributed by atoms with Crippen LogP contribution in [0.3, 0.4) is 0 Å². The number of amides is 2. The molecule has 0 atom stereocenters. The fourth-order valence-electron chi connectivity index (χ4n) is 2.81. The number of urea groups is 1. The van der Waals surface area contributed by atoms with Crippen LogP contribution in [-0.4, -0.2) is 48.6 Å². The third-order valence-electron chi connectivity index (χ3n) is 4.30. The summed E-state index contributed by atoms with van der Waals surface area (Å²) in [6, 6.07) is 14.2. The highest BCUT2D eigenvalue weighted by atomic mass is 35.5. The van der Waals surface area contributed by atoms with Crippen LogP contribution in [0.5, 0.6) is 0 Å². The van der Waals surface area contributed by atoms with E-state index in [1.165, 1.54) is 23.8 Å². The number of nitrogens with one attached hydrogen (secondary N) is 1. The Hall–Kier alpha value is -2.37. The predicted molar refractivity (Wildman–Crippen MR) is 104 cm³/mol. The lowest BCUT2D eigenvalue weighted by Crippen LogP contribution is -2.49. The zero-order valence-corrected chi connectivity index (χ0v) is 15.1. The summed E-state index contributed by atoms with van der Waals surface area (Å²) in [6.45, 7) is 3.80. The third kappa shape index (κ3) is 5.07. The Morgan fingerprint density at radius 1 is 1.12 bits per heavy atom. The van der Waals surface area contributed by atoms with Crippen molar-refractivity contribution in [1.29, 1.82) is 0 Å². The molecule has 4 nitrogen and oxygen atoms in total. The summed E-state index contributed by atoms with van der Waals surface area (Å²) in [4.78, 5) is 16.4. The number of carbonyl (C=O) groups excluding carboxylic acids is 1. The number of hydrogen-bond donors (Lipinski definition) is 1. The molecule has 2 aromatic rings. The zero-order valence-electron chi connectivity index (χ0n) is 14.4. The topological polar surface area (TPSA) is 35.6 Å². The molecule has 0 aromatic heterocycles. The summed E-state index contributed by atoms with van der Waals surface area (Å²) < 4.78 is 13.2. The summed E-state index contributed by atoms with van der Waals surface area (Å²) in [5.41, 5.74) is 1.68. The van der Waals surface area contributed by atoms with Crippen LogP contribution in [-0.2, 0) is 0 Å². The van der Waals surface area contributed by atoms with Crippen molar-refractivity contribution in [3.05, 3.63) is 71.0 Å². The minimum Gasteiger partial charge on any atom is -0.322 e. The van der Waals surface area contributed by atoms with Crippen molar-refractivity contribution in [3.8, 4) is 0 Å². The van der Waals surface area contributed by atoms with Gasteiger partial charge in [0.2, 0.25) is 0 Å². The molecule has 1 N–H and O–H groups in total. The van der Waals surface area contributed by atoms with Crippen molar-refractivity contribution in [2.45, 2.75) is 0 Å². The van der Waals surface area contributed by atoms with Crippen LogP contribution < -0.4 is 5.32 Å². The van der Waals surface area contributed by atoms with Crippen molar-refractivity contribution in [2.75, 3.05) is 38.0 Å². The van der Waals surface area contributed by atoms with Gasteiger partial charge in [-0.25, -0.2) is 9.18 Å². The summed E-state index contributed by atoms with van der Waals surface area (Å²) in [5.74, 6) is -0.498. The fraction of sp³-hybridized carbons (Fsp3) is 0.250. The average Bonchev–Trinajstić information content (AvgIpc) is 2.66. The number of nitrogens with zero attached hydrogens (tertiary/aromatic N) is 2. The SMILES string of the molecule is O=C(Nc1ccc(F)c(Cl)c1)N1CCN(C/C=C/c2ccccc2)CC1. The Morgan fingerprint density at radius 3 is 2.54 bits per heavy atom. The van der Waals surface area contributed by atoms with E-state index in [2.05, 4.69) is 34.5 Å². The normalized spacial score (nSPS) is 15.4. The molecule has 1 aliphatic rings. The lowest BCUT2D eigenvalue weighted by Gasteiger charge is -2.34. The molecule has 1 fully saturated rings. The molecular weight excluding hydrogens is 353 g/mol. The molecule has 1 heterocycles. The molecule has 0 aliphatic carbocycles. The molecule has 1 saturated heterocycles. The van der Waals surface area contributed by atoms with Crippen LogP contribution in [0.4, 0.5) is 14.9 Å². The van der Waals surface area contributed by atoms with Crippen molar-refractivity contribution >= 4 is 29.4 Å². The summed E-state index contributed by atoms with van der Waals surface area (Å²) in [5, 5.41) is 2.76. The monoisotopic (exact) mass is 373 g/mol. The number of piperazine rings is 1. The van der Waals surface area contributed by atoms with Gasteiger partial charge in [-0.1, -0.05) is 54.1 Å². The van der Waals surface area contributed by atoms with Crippen LogP contribution in [0.2, 0.25) is 5.02 Å². The van der Waals surface area contributed by atoms with E-state index >= 15 is 0 Å². The second-order valence-electron chi connectivity index (χ2n) is 6.16. The van der Waals surface area contributed by atoms with Crippen LogP contribution >= 0.6 is 11.6 Å². The number of halogens is 2. The lowest BCUT2D eigenvalue weighted by molar-refractivity contribution is 0.156. The standard InChI is InChI=1S/C20H21ClFN3O/c21-18-15-17(8-9-19(18)22)23-20(26)25-13-11-24(12-14-25)10-4-7-16-5-2-1-3-6-16/h1-9,15H,10-14H2,(H,23,26)/b7-4+. The van der Waals surface area contributed by atoms with Gasteiger partial charge in [0, 0.05) is 38.4 Å². The average molecular weight is 374 g/mol. The van der Waals surface area contributed by atoms with Crippen molar-refractivity contribution < 1.29 is 9.18 Å². The van der Waals surface area contributed by atoms with Gasteiger partial charge in [0.1, 0.15) is 5.82 Å². The lowest BCUT2D eigenvalue weighted by atomic mass is 10.2. The summed E-state index contributed by atoms with van der Waals surface area (Å²) >= 11 is 5.74. The quantitative estimate of drug-likeness (QED) is 0.865. The van der Waals surface area contributed by atoms with Gasteiger partial charge in [-0.3, -0.25) is 4.90 Å². The van der Waals surface area contributed by atoms with E-state index < -0.39 is 5.82 Å². The Labute approximate surface area is 157 Å². The number of anilines is 1. The molecule has 2 aromatic carbocycles. The van der Waals surface area contributed by atoms with Gasteiger partial charge >= 0.3 is 6.03 Å². The van der Waals surface area contributed by atoms with Crippen molar-refractivity contribution in [3.63, 3.8) is 0 Å². The maximum absolute atomic E-state index is 13.2. The Balaban J connectivity index is 1.44. The summed E-state index contributed by atoms with van der Waals surface area (Å²) in [6.07, 6.45) is 4.25. The van der Waals surface area contributed by atoms with E-state index in [0.717, 1.165) is 19.6 Å². The fourth-order valence-corrected chi connectivity index (χ4v) is 2.99. The van der Waals surface area contributed by atoms with Gasteiger partial charge in [0.05, 0.1) is 5.02 Å². The zero-order chi connectivity index (χ0) is 18.4. The predicted octanol–water partition coefficient (Wildman–Crippen LogP) is 4.34. The molecule has 26 heavy (non-hydrogen) atoms. The molecule has 0 bridgehead atoms. The van der Waals surface area contributed by atoms with Crippen LogP contribution in [0, 0.1) is 5.82 Å². The van der Waals surface area contributed by atoms with Crippen LogP contribution in [0.25, 0.3) is 6.08 Å². The van der Waals surface area contributed by atoms with Gasteiger partial charge in [0.25, 0.3) is 0 Å². The van der Waals surface area contributed by atoms with E-state index in [9.17, 15) is 9.18 Å². The first-order chi connectivity index (χ1) is 12.6. The molecule has 6 heteroatoms. The molecular formula is C20H21ClFN3O. The van der Waals surface area contributed by atoms with E-state index in [1.54, 1.807) is 4.90 Å². The molecule has 3 rings (SSSR count). The maximum atomic E-state index is 13.2. The van der Waals surface area contributed by atoms with E-state index in [1.807, 2.05) is 18.2 Å². The number of benzene rings is 2. The number of hydrogen-bond acceptors (Lipinski definition) is 2. The highest BCUT2D eigenvalue weighted by Gasteiger charge is 2.20. The maximum Gasteiger partial charge on any atom is 0.321 e. The minimum atomic E-state index is -0.498. The first kappa shape index (κ1) is 18.4.